The van der Waals surface area contributed by atoms with Crippen molar-refractivity contribution < 1.29 is 9.67 Å². The Hall–Kier alpha value is -1.89. The van der Waals surface area contributed by atoms with Gasteiger partial charge in [-0.1, -0.05) is 72.8 Å². The van der Waals surface area contributed by atoms with E-state index in [4.69, 9.17) is 0 Å². The Bertz CT molecular complexity index is 702. The molecule has 0 aliphatic heterocycles. The second kappa shape index (κ2) is 8.10. The number of aliphatic hydroxyl groups is 1. The van der Waals surface area contributed by atoms with Crippen molar-refractivity contribution in [2.45, 2.75) is 25.6 Å². The molecular weight excluding hydrogens is 303 g/mol. The van der Waals surface area contributed by atoms with Crippen molar-refractivity contribution in [2.75, 3.05) is 0 Å². The van der Waals surface area contributed by atoms with E-state index >= 15 is 0 Å². The second-order valence-corrected chi connectivity index (χ2v) is 8.44. The molecule has 3 heteroatoms. The Kier molecular flexibility index (Phi) is 6.15. The normalized spacial score (nSPS) is 15.2. The highest BCUT2D eigenvalue weighted by molar-refractivity contribution is 7.79. The van der Waals surface area contributed by atoms with Crippen LogP contribution in [0, 0.1) is 0 Å². The summed E-state index contributed by atoms with van der Waals surface area (Å²) in [6.45, 7) is 5.87. The Morgan fingerprint density at radius 1 is 1.09 bits per heavy atom. The van der Waals surface area contributed by atoms with Crippen LogP contribution in [0.3, 0.4) is 0 Å². The van der Waals surface area contributed by atoms with Crippen LogP contribution in [0.25, 0.3) is 0 Å². The third kappa shape index (κ3) is 3.72. The lowest BCUT2D eigenvalue weighted by molar-refractivity contribution is 0.282. The zero-order valence-electron chi connectivity index (χ0n) is 13.4. The van der Waals surface area contributed by atoms with Gasteiger partial charge < -0.3 is 9.67 Å². The number of hydrogen-bond donors (Lipinski definition) is 1. The first-order valence-corrected chi connectivity index (χ1v) is 9.53. The molecule has 2 unspecified atom stereocenters. The lowest BCUT2D eigenvalue weighted by Crippen LogP contribution is -2.24. The van der Waals surface area contributed by atoms with E-state index in [-0.39, 0.29) is 12.3 Å². The van der Waals surface area contributed by atoms with E-state index in [2.05, 4.69) is 6.58 Å². The summed E-state index contributed by atoms with van der Waals surface area (Å²) < 4.78 is 14.1. The summed E-state index contributed by atoms with van der Waals surface area (Å²) in [6, 6.07) is 17.0. The van der Waals surface area contributed by atoms with Crippen LogP contribution in [0.1, 0.15) is 18.9 Å². The van der Waals surface area contributed by atoms with Gasteiger partial charge in [0.2, 0.25) is 0 Å². The fraction of sp³-hybridized carbons (Fsp3) is 0.200. The molecule has 0 spiro atoms. The summed E-state index contributed by atoms with van der Waals surface area (Å²) in [4.78, 5) is 0. The van der Waals surface area contributed by atoms with Crippen LogP contribution < -0.4 is 10.6 Å². The van der Waals surface area contributed by atoms with Crippen LogP contribution in [-0.2, 0) is 11.2 Å². The molecule has 2 rings (SSSR count). The molecule has 2 atom stereocenters. The van der Waals surface area contributed by atoms with Crippen molar-refractivity contribution in [1.29, 1.82) is 0 Å². The van der Waals surface area contributed by atoms with Gasteiger partial charge in [-0.05, 0) is 18.9 Å². The predicted molar refractivity (Wildman–Crippen MR) is 99.1 cm³/mol. The molecule has 0 saturated carbocycles. The first-order valence-electron chi connectivity index (χ1n) is 7.76. The highest BCUT2D eigenvalue weighted by Crippen LogP contribution is 2.50. The largest absolute Gasteiger partial charge is 0.392 e. The molecule has 0 heterocycles. The van der Waals surface area contributed by atoms with E-state index in [0.29, 0.717) is 6.42 Å². The number of benzene rings is 2. The van der Waals surface area contributed by atoms with E-state index in [1.165, 1.54) is 0 Å². The summed E-state index contributed by atoms with van der Waals surface area (Å²) in [7, 11) is -2.85. The van der Waals surface area contributed by atoms with Crippen molar-refractivity contribution in [2.24, 2.45) is 0 Å². The minimum Gasteiger partial charge on any atom is -0.392 e. The van der Waals surface area contributed by atoms with E-state index in [1.807, 2.05) is 73.7 Å². The maximum absolute atomic E-state index is 14.1. The van der Waals surface area contributed by atoms with Gasteiger partial charge in [-0.15, -0.1) is 6.58 Å². The number of allylic oxidation sites excluding steroid dienone is 3. The number of aliphatic hydroxyl groups excluding tert-OH is 1. The van der Waals surface area contributed by atoms with Gasteiger partial charge in [-0.25, -0.2) is 0 Å². The van der Waals surface area contributed by atoms with Gasteiger partial charge in [-0.3, -0.25) is 0 Å². The smallest absolute Gasteiger partial charge is 0.150 e. The first-order chi connectivity index (χ1) is 11.2. The Balaban J connectivity index is 2.58. The summed E-state index contributed by atoms with van der Waals surface area (Å²) in [6.07, 6.45) is 6.49. The molecule has 0 aliphatic carbocycles. The molecule has 2 aromatic rings. The van der Waals surface area contributed by atoms with Gasteiger partial charge in [0.25, 0.3) is 0 Å². The number of hydrogen-bond acceptors (Lipinski definition) is 2. The third-order valence-electron chi connectivity index (χ3n) is 3.99. The molecule has 0 saturated heterocycles. The van der Waals surface area contributed by atoms with Crippen LogP contribution in [0.4, 0.5) is 0 Å². The van der Waals surface area contributed by atoms with Gasteiger partial charge in [0.05, 0.1) is 6.61 Å². The van der Waals surface area contributed by atoms with Crippen LogP contribution in [0.2, 0.25) is 0 Å². The average Bonchev–Trinajstić information content (AvgIpc) is 2.62. The monoisotopic (exact) mass is 326 g/mol. The molecular formula is C20H23O2P. The quantitative estimate of drug-likeness (QED) is 0.616. The molecule has 0 bridgehead atoms. The van der Waals surface area contributed by atoms with Crippen LogP contribution in [0.15, 0.2) is 79.4 Å². The van der Waals surface area contributed by atoms with Crippen LogP contribution in [-0.4, -0.2) is 10.8 Å². The minimum atomic E-state index is -2.85. The van der Waals surface area contributed by atoms with Gasteiger partial charge in [0.1, 0.15) is 7.14 Å². The molecule has 120 valence electrons. The summed E-state index contributed by atoms with van der Waals surface area (Å²) >= 11 is 0. The molecule has 0 aromatic heterocycles. The maximum Gasteiger partial charge on any atom is 0.150 e. The zero-order chi connectivity index (χ0) is 16.7. The average molecular weight is 326 g/mol. The molecule has 2 nitrogen and oxygen atoms in total. The predicted octanol–water partition coefficient (Wildman–Crippen LogP) is 4.01. The SMILES string of the molecule is C=CC(C/C=C\C)P(=O)(c1ccccc1)c1ccc(CO)cc1. The fourth-order valence-electron chi connectivity index (χ4n) is 2.67. The van der Waals surface area contributed by atoms with E-state index in [1.54, 1.807) is 6.08 Å². The van der Waals surface area contributed by atoms with Crippen molar-refractivity contribution in [3.05, 3.63) is 85.0 Å². The van der Waals surface area contributed by atoms with Crippen molar-refractivity contribution >= 4 is 17.8 Å². The van der Waals surface area contributed by atoms with Gasteiger partial charge in [0.15, 0.2) is 0 Å². The summed E-state index contributed by atoms with van der Waals surface area (Å²) in [5.74, 6) is 0. The van der Waals surface area contributed by atoms with Crippen molar-refractivity contribution in [3.8, 4) is 0 Å². The summed E-state index contributed by atoms with van der Waals surface area (Å²) in [5, 5.41) is 10.9. The summed E-state index contributed by atoms with van der Waals surface area (Å²) in [5.41, 5.74) is 0.665. The number of rotatable bonds is 7. The highest BCUT2D eigenvalue weighted by atomic mass is 31.2. The topological polar surface area (TPSA) is 37.3 Å². The van der Waals surface area contributed by atoms with E-state index in [9.17, 15) is 9.67 Å². The van der Waals surface area contributed by atoms with Crippen LogP contribution in [0.5, 0.6) is 0 Å². The molecule has 2 aromatic carbocycles. The van der Waals surface area contributed by atoms with Crippen molar-refractivity contribution in [1.82, 2.24) is 0 Å². The molecule has 0 radical (unpaired) electrons. The Morgan fingerprint density at radius 2 is 1.70 bits per heavy atom. The maximum atomic E-state index is 14.1. The van der Waals surface area contributed by atoms with E-state index < -0.39 is 7.14 Å². The van der Waals surface area contributed by atoms with E-state index in [0.717, 1.165) is 16.2 Å². The third-order valence-corrected chi connectivity index (χ3v) is 7.48. The standard InChI is InChI=1S/C20H23O2P/c1-3-5-9-18(4-2)23(22,19-10-7-6-8-11-19)20-14-12-17(16-21)13-15-20/h3-8,10-15,18,21H,2,9,16H2,1H3/b5-3-. The Labute approximate surface area is 138 Å². The molecule has 0 fully saturated rings. The molecule has 0 amide bonds. The fourth-order valence-corrected chi connectivity index (χ4v) is 5.66. The lowest BCUT2D eigenvalue weighted by atomic mass is 10.2. The molecule has 1 N–H and O–H groups in total. The first kappa shape index (κ1) is 17.5. The van der Waals surface area contributed by atoms with Gasteiger partial charge in [-0.2, -0.15) is 0 Å². The van der Waals surface area contributed by atoms with Gasteiger partial charge >= 0.3 is 0 Å². The van der Waals surface area contributed by atoms with Crippen LogP contribution >= 0.6 is 7.14 Å². The van der Waals surface area contributed by atoms with Gasteiger partial charge in [0, 0.05) is 16.3 Å². The second-order valence-electron chi connectivity index (χ2n) is 5.43. The minimum absolute atomic E-state index is 0.0145. The van der Waals surface area contributed by atoms with Crippen molar-refractivity contribution in [3.63, 3.8) is 0 Å². The Morgan fingerprint density at radius 3 is 2.22 bits per heavy atom. The molecule has 23 heavy (non-hydrogen) atoms. The highest BCUT2D eigenvalue weighted by Gasteiger charge is 2.34. The lowest BCUT2D eigenvalue weighted by Gasteiger charge is -2.26. The zero-order valence-corrected chi connectivity index (χ0v) is 14.3. The molecule has 0 aliphatic rings.